The summed E-state index contributed by atoms with van der Waals surface area (Å²) in [5.41, 5.74) is 0. The highest BCUT2D eigenvalue weighted by atomic mass is 19.4. The molecule has 0 aromatic heterocycles. The number of rotatable bonds is 5. The molecule has 2 atom stereocenters. The summed E-state index contributed by atoms with van der Waals surface area (Å²) >= 11 is 0. The lowest BCUT2D eigenvalue weighted by Crippen LogP contribution is -2.66. The lowest BCUT2D eigenvalue weighted by molar-refractivity contribution is -0.325. The van der Waals surface area contributed by atoms with E-state index in [1.165, 1.54) is 4.90 Å². The molecule has 1 rings (SSSR count). The number of alkyl halides is 3. The Hall–Kier alpha value is -1.31. The van der Waals surface area contributed by atoms with E-state index < -0.39 is 25.1 Å². The average molecular weight is 310 g/mol. The van der Waals surface area contributed by atoms with Crippen molar-refractivity contribution in [2.45, 2.75) is 46.1 Å². The third-order valence-electron chi connectivity index (χ3n) is 3.35. The summed E-state index contributed by atoms with van der Waals surface area (Å²) in [7, 11) is 0. The Morgan fingerprint density at radius 3 is 2.19 bits per heavy atom. The highest BCUT2D eigenvalue weighted by molar-refractivity contribution is 5.97. The summed E-state index contributed by atoms with van der Waals surface area (Å²) in [6.45, 7) is 6.07. The van der Waals surface area contributed by atoms with E-state index in [0.29, 0.717) is 0 Å². The van der Waals surface area contributed by atoms with Crippen LogP contribution in [0, 0.1) is 11.8 Å². The molecule has 21 heavy (non-hydrogen) atoms. The molecule has 0 radical (unpaired) electrons. The van der Waals surface area contributed by atoms with E-state index in [1.807, 2.05) is 0 Å². The van der Waals surface area contributed by atoms with Crippen molar-refractivity contribution in [3.05, 3.63) is 0 Å². The number of nitrogens with one attached hydrogen (secondary N) is 1. The Morgan fingerprint density at radius 2 is 1.76 bits per heavy atom. The number of ether oxygens (including phenoxy) is 1. The normalized spacial score (nSPS) is 24.0. The van der Waals surface area contributed by atoms with Gasteiger partial charge in [-0.1, -0.05) is 27.7 Å². The first-order valence-corrected chi connectivity index (χ1v) is 6.86. The molecule has 1 N–H and O–H groups in total. The van der Waals surface area contributed by atoms with Crippen molar-refractivity contribution in [2.75, 3.05) is 13.2 Å². The molecule has 2 amide bonds. The van der Waals surface area contributed by atoms with Crippen molar-refractivity contribution in [3.63, 3.8) is 0 Å². The van der Waals surface area contributed by atoms with Crippen LogP contribution in [0.25, 0.3) is 0 Å². The van der Waals surface area contributed by atoms with Crippen molar-refractivity contribution in [1.82, 2.24) is 10.2 Å². The summed E-state index contributed by atoms with van der Waals surface area (Å²) in [6, 6.07) is -1.48. The van der Waals surface area contributed by atoms with Crippen LogP contribution in [-0.4, -0.2) is 48.3 Å². The fraction of sp³-hybridized carbons (Fsp3) is 0.846. The number of halogens is 3. The van der Waals surface area contributed by atoms with E-state index in [2.05, 4.69) is 10.1 Å². The lowest BCUT2D eigenvalue weighted by Gasteiger charge is -2.42. The zero-order valence-electron chi connectivity index (χ0n) is 12.5. The zero-order valence-corrected chi connectivity index (χ0v) is 12.5. The standard InChI is InChI=1S/C13H21F3N2O3/c1-7(2)9-12(20)18(5-6-21-13(14,15)16)10(8(3)4)11(19)17-9/h7-10H,5-6H2,1-4H3,(H,17,19). The van der Waals surface area contributed by atoms with Crippen molar-refractivity contribution in [3.8, 4) is 0 Å². The number of amides is 2. The van der Waals surface area contributed by atoms with Crippen molar-refractivity contribution in [1.29, 1.82) is 0 Å². The molecule has 0 aromatic carbocycles. The van der Waals surface area contributed by atoms with Gasteiger partial charge in [0, 0.05) is 6.54 Å². The van der Waals surface area contributed by atoms with Gasteiger partial charge in [-0.05, 0) is 11.8 Å². The zero-order chi connectivity index (χ0) is 16.4. The van der Waals surface area contributed by atoms with E-state index >= 15 is 0 Å². The number of carbonyl (C=O) groups is 2. The Morgan fingerprint density at radius 1 is 1.19 bits per heavy atom. The quantitative estimate of drug-likeness (QED) is 0.838. The third kappa shape index (κ3) is 4.59. The molecule has 1 fully saturated rings. The van der Waals surface area contributed by atoms with Gasteiger partial charge in [0.2, 0.25) is 11.8 Å². The third-order valence-corrected chi connectivity index (χ3v) is 3.35. The maximum Gasteiger partial charge on any atom is 0.522 e. The van der Waals surface area contributed by atoms with Crippen LogP contribution in [0.15, 0.2) is 0 Å². The van der Waals surface area contributed by atoms with Crippen molar-refractivity contribution in [2.24, 2.45) is 11.8 Å². The Balaban J connectivity index is 2.85. The second-order valence-corrected chi connectivity index (χ2v) is 5.74. The van der Waals surface area contributed by atoms with Gasteiger partial charge < -0.3 is 10.2 Å². The van der Waals surface area contributed by atoms with Gasteiger partial charge in [-0.3, -0.25) is 14.3 Å². The maximum absolute atomic E-state index is 12.4. The Kier molecular flexibility index (Phi) is 5.61. The fourth-order valence-corrected chi connectivity index (χ4v) is 2.38. The summed E-state index contributed by atoms with van der Waals surface area (Å²) < 4.78 is 39.8. The number of carbonyl (C=O) groups excluding carboxylic acids is 2. The van der Waals surface area contributed by atoms with E-state index in [1.54, 1.807) is 27.7 Å². The van der Waals surface area contributed by atoms with Gasteiger partial charge in [-0.2, -0.15) is 0 Å². The van der Waals surface area contributed by atoms with Gasteiger partial charge in [-0.15, -0.1) is 13.2 Å². The predicted octanol–water partition coefficient (Wildman–Crippen LogP) is 1.53. The Bertz CT molecular complexity index is 397. The minimum atomic E-state index is -4.74. The monoisotopic (exact) mass is 310 g/mol. The predicted molar refractivity (Wildman–Crippen MR) is 69.1 cm³/mol. The van der Waals surface area contributed by atoms with Gasteiger partial charge in [0.1, 0.15) is 12.1 Å². The van der Waals surface area contributed by atoms with Crippen LogP contribution in [0.4, 0.5) is 13.2 Å². The molecule has 0 aromatic rings. The van der Waals surface area contributed by atoms with E-state index in [9.17, 15) is 22.8 Å². The van der Waals surface area contributed by atoms with Crippen LogP contribution in [-0.2, 0) is 14.3 Å². The summed E-state index contributed by atoms with van der Waals surface area (Å²) in [4.78, 5) is 25.7. The van der Waals surface area contributed by atoms with E-state index in [0.717, 1.165) is 0 Å². The topological polar surface area (TPSA) is 58.6 Å². The van der Waals surface area contributed by atoms with Gasteiger partial charge in [0.05, 0.1) is 6.61 Å². The molecule has 122 valence electrons. The van der Waals surface area contributed by atoms with E-state index in [4.69, 9.17) is 0 Å². The number of hydrogen-bond donors (Lipinski definition) is 1. The number of piperazine rings is 1. The molecule has 8 heteroatoms. The second-order valence-electron chi connectivity index (χ2n) is 5.74. The van der Waals surface area contributed by atoms with Gasteiger partial charge >= 0.3 is 6.36 Å². The molecule has 1 aliphatic heterocycles. The fourth-order valence-electron chi connectivity index (χ4n) is 2.38. The first-order chi connectivity index (χ1) is 9.54. The lowest BCUT2D eigenvalue weighted by atomic mass is 9.93. The molecule has 2 unspecified atom stereocenters. The minimum absolute atomic E-state index is 0.138. The number of nitrogens with zero attached hydrogens (tertiary/aromatic N) is 1. The molecule has 1 saturated heterocycles. The average Bonchev–Trinajstić information content (AvgIpc) is 2.30. The molecule has 0 saturated carbocycles. The van der Waals surface area contributed by atoms with Crippen LogP contribution in [0.1, 0.15) is 27.7 Å². The first-order valence-electron chi connectivity index (χ1n) is 6.86. The molecular formula is C13H21F3N2O3. The second kappa shape index (κ2) is 6.64. The molecule has 0 bridgehead atoms. The van der Waals surface area contributed by atoms with Crippen LogP contribution in [0.2, 0.25) is 0 Å². The molecule has 1 heterocycles. The largest absolute Gasteiger partial charge is 0.522 e. The highest BCUT2D eigenvalue weighted by Crippen LogP contribution is 2.21. The molecular weight excluding hydrogens is 289 g/mol. The van der Waals surface area contributed by atoms with Crippen LogP contribution < -0.4 is 5.32 Å². The van der Waals surface area contributed by atoms with Crippen LogP contribution in [0.3, 0.4) is 0 Å². The van der Waals surface area contributed by atoms with Crippen molar-refractivity contribution >= 4 is 11.8 Å². The molecule has 0 aliphatic carbocycles. The highest BCUT2D eigenvalue weighted by Gasteiger charge is 2.43. The number of hydrogen-bond acceptors (Lipinski definition) is 3. The van der Waals surface area contributed by atoms with Crippen molar-refractivity contribution < 1.29 is 27.5 Å². The molecule has 1 aliphatic rings. The smallest absolute Gasteiger partial charge is 0.342 e. The maximum atomic E-state index is 12.4. The summed E-state index contributed by atoms with van der Waals surface area (Å²) in [5.74, 6) is -1.04. The SMILES string of the molecule is CC(C)C1NC(=O)C(C(C)C)N(CCOC(F)(F)F)C1=O. The molecule has 0 spiro atoms. The first kappa shape index (κ1) is 17.7. The molecule has 5 nitrogen and oxygen atoms in total. The van der Waals surface area contributed by atoms with Gasteiger partial charge in [0.25, 0.3) is 0 Å². The summed E-state index contributed by atoms with van der Waals surface area (Å²) in [5, 5.41) is 2.64. The van der Waals surface area contributed by atoms with Crippen LogP contribution >= 0.6 is 0 Å². The summed E-state index contributed by atoms with van der Waals surface area (Å²) in [6.07, 6.45) is -4.74. The van der Waals surface area contributed by atoms with Gasteiger partial charge in [0.15, 0.2) is 0 Å². The Labute approximate surface area is 121 Å². The van der Waals surface area contributed by atoms with Gasteiger partial charge in [-0.25, -0.2) is 0 Å². The van der Waals surface area contributed by atoms with E-state index in [-0.39, 0.29) is 30.2 Å². The minimum Gasteiger partial charge on any atom is -0.342 e. The van der Waals surface area contributed by atoms with Crippen LogP contribution in [0.5, 0.6) is 0 Å².